The molecule has 1 aliphatic rings. The summed E-state index contributed by atoms with van der Waals surface area (Å²) in [7, 11) is 1.54. The zero-order valence-electron chi connectivity index (χ0n) is 18.3. The van der Waals surface area contributed by atoms with Crippen LogP contribution in [0.2, 0.25) is 0 Å². The first-order chi connectivity index (χ1) is 14.8. The number of fused-ring (bicyclic) bond motifs is 1. The molecule has 1 atom stereocenters. The number of hydrogen-bond donors (Lipinski definition) is 0. The third-order valence-corrected chi connectivity index (χ3v) is 5.30. The van der Waals surface area contributed by atoms with E-state index >= 15 is 0 Å². The van der Waals surface area contributed by atoms with E-state index in [1.807, 2.05) is 57.2 Å². The van der Waals surface area contributed by atoms with E-state index in [9.17, 15) is 9.59 Å². The first-order valence-electron chi connectivity index (χ1n) is 10.4. The number of benzene rings is 2. The van der Waals surface area contributed by atoms with Gasteiger partial charge in [0.05, 0.1) is 24.4 Å². The second-order valence-corrected chi connectivity index (χ2v) is 8.63. The summed E-state index contributed by atoms with van der Waals surface area (Å²) in [5.74, 6) is 1.00. The van der Waals surface area contributed by atoms with Gasteiger partial charge in [0.1, 0.15) is 22.6 Å². The minimum Gasteiger partial charge on any atom is -0.496 e. The average Bonchev–Trinajstić information content (AvgIpc) is 3.22. The average molecular weight is 421 g/mol. The van der Waals surface area contributed by atoms with Gasteiger partial charge in [0.2, 0.25) is 0 Å². The molecule has 0 aliphatic carbocycles. The van der Waals surface area contributed by atoms with Crippen molar-refractivity contribution in [1.29, 1.82) is 0 Å². The van der Waals surface area contributed by atoms with Crippen molar-refractivity contribution >= 4 is 17.0 Å². The summed E-state index contributed by atoms with van der Waals surface area (Å²) in [4.78, 5) is 33.2. The maximum Gasteiger partial charge on any atom is 0.410 e. The molecule has 3 aromatic rings. The molecule has 0 saturated carbocycles. The van der Waals surface area contributed by atoms with Crippen LogP contribution >= 0.6 is 0 Å². The number of carbonyl (C=O) groups is 1. The van der Waals surface area contributed by atoms with Gasteiger partial charge in [-0.1, -0.05) is 24.3 Å². The lowest BCUT2D eigenvalue weighted by Gasteiger charge is -2.29. The molecule has 7 heteroatoms. The molecule has 1 fully saturated rings. The van der Waals surface area contributed by atoms with E-state index in [1.165, 1.54) is 7.11 Å². The third-order valence-electron chi connectivity index (χ3n) is 5.30. The molecule has 1 unspecified atom stereocenters. The molecule has 31 heavy (non-hydrogen) atoms. The first kappa shape index (κ1) is 20.9. The first-order valence-corrected chi connectivity index (χ1v) is 10.4. The van der Waals surface area contributed by atoms with E-state index in [-0.39, 0.29) is 11.6 Å². The standard InChI is InChI=1S/C24H27N3O4/c1-24(2,3)31-23(29)26-15-9-13-18(26)21-25-17-12-8-14-19(30-4)20(17)22(28)27(21)16-10-6-5-7-11-16/h5-8,10-12,14,18H,9,13,15H2,1-4H3. The molecule has 2 aromatic carbocycles. The number of rotatable bonds is 3. The second-order valence-electron chi connectivity index (χ2n) is 8.63. The Morgan fingerprint density at radius 3 is 2.52 bits per heavy atom. The molecule has 0 spiro atoms. The lowest BCUT2D eigenvalue weighted by molar-refractivity contribution is 0.0216. The Balaban J connectivity index is 1.93. The molecule has 4 rings (SSSR count). The summed E-state index contributed by atoms with van der Waals surface area (Å²) in [6, 6.07) is 14.4. The summed E-state index contributed by atoms with van der Waals surface area (Å²) >= 11 is 0. The SMILES string of the molecule is COc1cccc2nc(C3CCCN3C(=O)OC(C)(C)C)n(-c3ccccc3)c(=O)c12. The van der Waals surface area contributed by atoms with Crippen LogP contribution in [0.15, 0.2) is 53.3 Å². The van der Waals surface area contributed by atoms with Crippen molar-refractivity contribution in [3.05, 3.63) is 64.7 Å². The van der Waals surface area contributed by atoms with E-state index in [0.717, 1.165) is 6.42 Å². The summed E-state index contributed by atoms with van der Waals surface area (Å²) in [6.45, 7) is 6.09. The normalized spacial score (nSPS) is 16.5. The summed E-state index contributed by atoms with van der Waals surface area (Å²) in [5.41, 5.74) is 0.411. The Morgan fingerprint density at radius 1 is 1.10 bits per heavy atom. The molecule has 1 aliphatic heterocycles. The summed E-state index contributed by atoms with van der Waals surface area (Å²) < 4.78 is 12.7. The molecule has 1 aromatic heterocycles. The van der Waals surface area contributed by atoms with E-state index in [2.05, 4.69) is 0 Å². The maximum atomic E-state index is 13.7. The van der Waals surface area contributed by atoms with Crippen LogP contribution in [0.1, 0.15) is 45.5 Å². The number of hydrogen-bond acceptors (Lipinski definition) is 5. The van der Waals surface area contributed by atoms with Crippen molar-refractivity contribution in [2.75, 3.05) is 13.7 Å². The Bertz CT molecular complexity index is 1170. The van der Waals surface area contributed by atoms with Crippen molar-refractivity contribution in [1.82, 2.24) is 14.5 Å². The van der Waals surface area contributed by atoms with Crippen LogP contribution < -0.4 is 10.3 Å². The number of ether oxygens (including phenoxy) is 2. The van der Waals surface area contributed by atoms with Gasteiger partial charge in [-0.05, 0) is 57.9 Å². The smallest absolute Gasteiger partial charge is 0.410 e. The maximum absolute atomic E-state index is 13.7. The Hall–Kier alpha value is -3.35. The van der Waals surface area contributed by atoms with Gasteiger partial charge in [-0.3, -0.25) is 14.3 Å². The van der Waals surface area contributed by atoms with E-state index in [4.69, 9.17) is 14.5 Å². The van der Waals surface area contributed by atoms with E-state index < -0.39 is 11.7 Å². The van der Waals surface area contributed by atoms with Crippen LogP contribution in [0.4, 0.5) is 4.79 Å². The zero-order valence-corrected chi connectivity index (χ0v) is 18.3. The van der Waals surface area contributed by atoms with E-state index in [0.29, 0.717) is 41.1 Å². The van der Waals surface area contributed by atoms with Crippen LogP contribution in [-0.2, 0) is 4.74 Å². The molecule has 0 N–H and O–H groups in total. The summed E-state index contributed by atoms with van der Waals surface area (Å²) in [6.07, 6.45) is 1.12. The molecular formula is C24H27N3O4. The Kier molecular flexibility index (Phi) is 5.43. The predicted molar refractivity (Wildman–Crippen MR) is 119 cm³/mol. The lowest BCUT2D eigenvalue weighted by Crippen LogP contribution is -2.38. The molecule has 1 amide bonds. The van der Waals surface area contributed by atoms with Crippen molar-refractivity contribution in [3.8, 4) is 11.4 Å². The second kappa shape index (κ2) is 8.06. The predicted octanol–water partition coefficient (Wildman–Crippen LogP) is 4.47. The largest absolute Gasteiger partial charge is 0.496 e. The van der Waals surface area contributed by atoms with Gasteiger partial charge < -0.3 is 9.47 Å². The lowest BCUT2D eigenvalue weighted by atomic mass is 10.1. The topological polar surface area (TPSA) is 73.7 Å². The number of para-hydroxylation sites is 1. The quantitative estimate of drug-likeness (QED) is 0.624. The molecule has 0 bridgehead atoms. The van der Waals surface area contributed by atoms with Crippen LogP contribution in [0.25, 0.3) is 16.6 Å². The number of likely N-dealkylation sites (tertiary alicyclic amines) is 1. The Labute approximate surface area is 181 Å². The van der Waals surface area contributed by atoms with Gasteiger partial charge in [0.15, 0.2) is 0 Å². The van der Waals surface area contributed by atoms with E-state index in [1.54, 1.807) is 21.6 Å². The van der Waals surface area contributed by atoms with Gasteiger partial charge in [-0.15, -0.1) is 0 Å². The van der Waals surface area contributed by atoms with Crippen molar-refractivity contribution in [3.63, 3.8) is 0 Å². The zero-order chi connectivity index (χ0) is 22.2. The van der Waals surface area contributed by atoms with Crippen molar-refractivity contribution in [2.45, 2.75) is 45.3 Å². The fourth-order valence-electron chi connectivity index (χ4n) is 4.01. The van der Waals surface area contributed by atoms with Gasteiger partial charge in [-0.2, -0.15) is 0 Å². The number of amides is 1. The highest BCUT2D eigenvalue weighted by atomic mass is 16.6. The number of nitrogens with zero attached hydrogens (tertiary/aromatic N) is 3. The van der Waals surface area contributed by atoms with Crippen molar-refractivity contribution in [2.24, 2.45) is 0 Å². The monoisotopic (exact) mass is 421 g/mol. The molecule has 0 radical (unpaired) electrons. The number of carbonyl (C=O) groups excluding carboxylic acids is 1. The molecular weight excluding hydrogens is 394 g/mol. The fraction of sp³-hybridized carbons (Fsp3) is 0.375. The highest BCUT2D eigenvalue weighted by molar-refractivity contribution is 5.84. The molecule has 1 saturated heterocycles. The van der Waals surface area contributed by atoms with Crippen LogP contribution in [0.3, 0.4) is 0 Å². The molecule has 2 heterocycles. The van der Waals surface area contributed by atoms with Crippen LogP contribution in [0, 0.1) is 0 Å². The molecule has 162 valence electrons. The third kappa shape index (κ3) is 4.00. The van der Waals surface area contributed by atoms with Gasteiger partial charge in [-0.25, -0.2) is 9.78 Å². The van der Waals surface area contributed by atoms with Gasteiger partial charge >= 0.3 is 6.09 Å². The Morgan fingerprint density at radius 2 is 1.84 bits per heavy atom. The minimum absolute atomic E-state index is 0.223. The fourth-order valence-corrected chi connectivity index (χ4v) is 4.01. The minimum atomic E-state index is -0.604. The number of aromatic nitrogens is 2. The highest BCUT2D eigenvalue weighted by Crippen LogP contribution is 2.34. The molecule has 7 nitrogen and oxygen atoms in total. The highest BCUT2D eigenvalue weighted by Gasteiger charge is 2.36. The van der Waals surface area contributed by atoms with Crippen LogP contribution in [0.5, 0.6) is 5.75 Å². The van der Waals surface area contributed by atoms with Gasteiger partial charge in [0, 0.05) is 6.54 Å². The summed E-state index contributed by atoms with van der Waals surface area (Å²) in [5, 5.41) is 0.416. The van der Waals surface area contributed by atoms with Crippen molar-refractivity contribution < 1.29 is 14.3 Å². The van der Waals surface area contributed by atoms with Crippen LogP contribution in [-0.4, -0.2) is 39.8 Å². The van der Waals surface area contributed by atoms with Gasteiger partial charge in [0.25, 0.3) is 5.56 Å². The number of methoxy groups -OCH3 is 1.